The van der Waals surface area contributed by atoms with Crippen LogP contribution >= 0.6 is 0 Å². The summed E-state index contributed by atoms with van der Waals surface area (Å²) < 4.78 is 41.0. The molecule has 1 N–H and O–H groups in total. The van der Waals surface area contributed by atoms with Gasteiger partial charge in [-0.25, -0.2) is 0 Å². The lowest BCUT2D eigenvalue weighted by Gasteiger charge is -2.09. The average molecular weight is 244 g/mol. The summed E-state index contributed by atoms with van der Waals surface area (Å²) in [5.74, 6) is 0.466. The van der Waals surface area contributed by atoms with Gasteiger partial charge in [-0.3, -0.25) is 4.55 Å². The molecule has 0 fully saturated rings. The lowest BCUT2D eigenvalue weighted by atomic mass is 10.3. The second-order valence-electron chi connectivity index (χ2n) is 2.89. The second-order valence-corrected chi connectivity index (χ2v) is 4.28. The Hall–Kier alpha value is -1.53. The maximum Gasteiger partial charge on any atom is 0.298 e. The highest BCUT2D eigenvalue weighted by atomic mass is 32.2. The predicted octanol–water partition coefficient (Wildman–Crippen LogP) is 1.51. The van der Waals surface area contributed by atoms with Crippen molar-refractivity contribution in [1.82, 2.24) is 0 Å². The highest BCUT2D eigenvalue weighted by molar-refractivity contribution is 7.86. The first-order valence-electron chi connectivity index (χ1n) is 4.38. The van der Waals surface area contributed by atoms with Gasteiger partial charge in [0.1, 0.15) is 23.0 Å². The van der Waals surface area contributed by atoms with Gasteiger partial charge in [-0.2, -0.15) is 8.42 Å². The zero-order chi connectivity index (χ0) is 12.2. The molecule has 1 aromatic rings. The summed E-state index contributed by atoms with van der Waals surface area (Å²) in [6.07, 6.45) is 1.47. The van der Waals surface area contributed by atoms with Crippen molar-refractivity contribution in [2.45, 2.75) is 4.90 Å². The van der Waals surface area contributed by atoms with Crippen LogP contribution in [0.4, 0.5) is 0 Å². The van der Waals surface area contributed by atoms with Gasteiger partial charge < -0.3 is 9.47 Å². The van der Waals surface area contributed by atoms with E-state index in [0.29, 0.717) is 5.75 Å². The topological polar surface area (TPSA) is 72.8 Å². The molecule has 0 aliphatic rings. The zero-order valence-electron chi connectivity index (χ0n) is 8.71. The van der Waals surface area contributed by atoms with Crippen LogP contribution in [-0.2, 0) is 10.1 Å². The third-order valence-corrected chi connectivity index (χ3v) is 2.68. The molecule has 1 aromatic carbocycles. The second kappa shape index (κ2) is 5.00. The molecule has 0 atom stereocenters. The van der Waals surface area contributed by atoms with E-state index in [1.165, 1.54) is 31.4 Å². The Morgan fingerprint density at radius 2 is 2.19 bits per heavy atom. The number of rotatable bonds is 5. The van der Waals surface area contributed by atoms with Crippen molar-refractivity contribution in [3.05, 3.63) is 30.9 Å². The molecule has 16 heavy (non-hydrogen) atoms. The van der Waals surface area contributed by atoms with Crippen LogP contribution in [0.25, 0.3) is 0 Å². The fourth-order valence-electron chi connectivity index (χ4n) is 1.09. The molecule has 1 rings (SSSR count). The smallest absolute Gasteiger partial charge is 0.298 e. The van der Waals surface area contributed by atoms with E-state index < -0.39 is 10.1 Å². The molecular weight excluding hydrogens is 232 g/mol. The third-order valence-electron chi connectivity index (χ3n) is 1.79. The molecule has 5 nitrogen and oxygen atoms in total. The van der Waals surface area contributed by atoms with E-state index >= 15 is 0 Å². The molecule has 0 unspecified atom stereocenters. The van der Waals surface area contributed by atoms with Gasteiger partial charge in [0.05, 0.1) is 7.11 Å². The van der Waals surface area contributed by atoms with Gasteiger partial charge in [-0.05, 0) is 12.1 Å². The van der Waals surface area contributed by atoms with Crippen molar-refractivity contribution in [3.8, 4) is 11.5 Å². The van der Waals surface area contributed by atoms with Gasteiger partial charge >= 0.3 is 0 Å². The fourth-order valence-corrected chi connectivity index (χ4v) is 1.70. The molecule has 0 bridgehead atoms. The van der Waals surface area contributed by atoms with Crippen LogP contribution in [0, 0.1) is 0 Å². The van der Waals surface area contributed by atoms with Crippen molar-refractivity contribution in [1.29, 1.82) is 0 Å². The Labute approximate surface area is 94.1 Å². The Balaban J connectivity index is 3.21. The fraction of sp³-hybridized carbons (Fsp3) is 0.200. The van der Waals surface area contributed by atoms with E-state index in [4.69, 9.17) is 14.0 Å². The summed E-state index contributed by atoms with van der Waals surface area (Å²) in [4.78, 5) is -0.296. The lowest BCUT2D eigenvalue weighted by Crippen LogP contribution is -2.04. The summed E-state index contributed by atoms with van der Waals surface area (Å²) in [6, 6.07) is 4.02. The number of benzene rings is 1. The SMILES string of the molecule is C=CCOc1cc(OC)ccc1S(=O)(=O)O. The molecule has 0 aromatic heterocycles. The van der Waals surface area contributed by atoms with E-state index in [2.05, 4.69) is 6.58 Å². The summed E-state index contributed by atoms with van der Waals surface area (Å²) in [5.41, 5.74) is 0. The van der Waals surface area contributed by atoms with E-state index in [1.54, 1.807) is 0 Å². The van der Waals surface area contributed by atoms with Gasteiger partial charge in [0, 0.05) is 6.07 Å². The van der Waals surface area contributed by atoms with Crippen LogP contribution in [0.2, 0.25) is 0 Å². The summed E-state index contributed by atoms with van der Waals surface area (Å²) in [6.45, 7) is 3.58. The van der Waals surface area contributed by atoms with Crippen molar-refractivity contribution >= 4 is 10.1 Å². The van der Waals surface area contributed by atoms with Gasteiger partial charge in [-0.1, -0.05) is 12.7 Å². The number of methoxy groups -OCH3 is 1. The lowest BCUT2D eigenvalue weighted by molar-refractivity contribution is 0.345. The molecule has 6 heteroatoms. The maximum absolute atomic E-state index is 11.0. The summed E-state index contributed by atoms with van der Waals surface area (Å²) in [5, 5.41) is 0. The van der Waals surface area contributed by atoms with Gasteiger partial charge in [-0.15, -0.1) is 0 Å². The quantitative estimate of drug-likeness (QED) is 0.627. The molecule has 0 radical (unpaired) electrons. The van der Waals surface area contributed by atoms with Crippen LogP contribution in [0.3, 0.4) is 0 Å². The third kappa shape index (κ3) is 2.98. The first kappa shape index (κ1) is 12.5. The molecule has 0 saturated heterocycles. The van der Waals surface area contributed by atoms with Crippen LogP contribution < -0.4 is 9.47 Å². The molecule has 88 valence electrons. The average Bonchev–Trinajstić information content (AvgIpc) is 2.24. The highest BCUT2D eigenvalue weighted by Gasteiger charge is 2.17. The molecule has 0 spiro atoms. The molecule has 0 aliphatic carbocycles. The molecule has 0 amide bonds. The van der Waals surface area contributed by atoms with Crippen LogP contribution in [0.1, 0.15) is 0 Å². The minimum Gasteiger partial charge on any atom is -0.497 e. The number of hydrogen-bond acceptors (Lipinski definition) is 4. The minimum absolute atomic E-state index is 0.0294. The van der Waals surface area contributed by atoms with Crippen LogP contribution in [-0.4, -0.2) is 26.7 Å². The maximum atomic E-state index is 11.0. The summed E-state index contributed by atoms with van der Waals surface area (Å²) >= 11 is 0. The minimum atomic E-state index is -4.30. The highest BCUT2D eigenvalue weighted by Crippen LogP contribution is 2.28. The van der Waals surface area contributed by atoms with E-state index in [-0.39, 0.29) is 17.3 Å². The first-order chi connectivity index (χ1) is 7.49. The number of hydrogen-bond donors (Lipinski definition) is 1. The molecule has 0 heterocycles. The van der Waals surface area contributed by atoms with Crippen LogP contribution in [0.5, 0.6) is 11.5 Å². The Morgan fingerprint density at radius 1 is 1.50 bits per heavy atom. The zero-order valence-corrected chi connectivity index (χ0v) is 9.53. The molecule has 0 aliphatic heterocycles. The Bertz CT molecular complexity index is 478. The molecule has 0 saturated carbocycles. The van der Waals surface area contributed by atoms with E-state index in [0.717, 1.165) is 0 Å². The van der Waals surface area contributed by atoms with Crippen molar-refractivity contribution in [3.63, 3.8) is 0 Å². The first-order valence-corrected chi connectivity index (χ1v) is 5.82. The number of ether oxygens (including phenoxy) is 2. The Kier molecular flexibility index (Phi) is 3.92. The van der Waals surface area contributed by atoms with Crippen molar-refractivity contribution < 1.29 is 22.4 Å². The standard InChI is InChI=1S/C10H12O5S/c1-3-6-15-9-7-8(14-2)4-5-10(9)16(11,12)13/h3-5,7H,1,6H2,2H3,(H,11,12,13). The largest absolute Gasteiger partial charge is 0.497 e. The van der Waals surface area contributed by atoms with Gasteiger partial charge in [0.15, 0.2) is 0 Å². The Morgan fingerprint density at radius 3 is 2.69 bits per heavy atom. The van der Waals surface area contributed by atoms with E-state index in [9.17, 15) is 8.42 Å². The normalized spacial score (nSPS) is 10.9. The summed E-state index contributed by atoms with van der Waals surface area (Å²) in [7, 11) is -2.86. The van der Waals surface area contributed by atoms with Crippen molar-refractivity contribution in [2.75, 3.05) is 13.7 Å². The van der Waals surface area contributed by atoms with Crippen LogP contribution in [0.15, 0.2) is 35.7 Å². The van der Waals surface area contributed by atoms with Gasteiger partial charge in [0.25, 0.3) is 10.1 Å². The monoisotopic (exact) mass is 244 g/mol. The predicted molar refractivity (Wildman–Crippen MR) is 58.5 cm³/mol. The van der Waals surface area contributed by atoms with Gasteiger partial charge in [0.2, 0.25) is 0 Å². The van der Waals surface area contributed by atoms with E-state index in [1.807, 2.05) is 0 Å². The molecular formula is C10H12O5S. The van der Waals surface area contributed by atoms with Crippen molar-refractivity contribution in [2.24, 2.45) is 0 Å².